The summed E-state index contributed by atoms with van der Waals surface area (Å²) in [5.74, 6) is 0.709. The molecule has 24 heavy (non-hydrogen) atoms. The first kappa shape index (κ1) is 15.7. The monoisotopic (exact) mass is 329 g/mol. The van der Waals surface area contributed by atoms with Crippen molar-refractivity contribution >= 4 is 5.69 Å². The summed E-state index contributed by atoms with van der Waals surface area (Å²) in [5, 5.41) is 12.3. The first-order valence-electron chi connectivity index (χ1n) is 8.99. The summed E-state index contributed by atoms with van der Waals surface area (Å²) in [6.45, 7) is 4.27. The van der Waals surface area contributed by atoms with Crippen LogP contribution in [-0.2, 0) is 0 Å². The standard InChI is InChI=1S/C19H24FN3O/c1-2-24-16-6-5-14(9-15(16)20)23-12-13-10-19(11-17(19)23)18(13)22-8-4-3-7-21/h5-6,9,13,17-18,22H,2-4,8,10-12H2,1H3. The summed E-state index contributed by atoms with van der Waals surface area (Å²) in [6, 6.07) is 8.68. The fraction of sp³-hybridized carbons (Fsp3) is 0.632. The molecule has 0 radical (unpaired) electrons. The van der Waals surface area contributed by atoms with E-state index in [1.165, 1.54) is 12.8 Å². The summed E-state index contributed by atoms with van der Waals surface area (Å²) in [6.07, 6.45) is 4.05. The molecule has 1 aromatic rings. The van der Waals surface area contributed by atoms with Crippen molar-refractivity contribution in [2.24, 2.45) is 11.3 Å². The number of anilines is 1. The first-order valence-corrected chi connectivity index (χ1v) is 8.99. The van der Waals surface area contributed by atoms with Gasteiger partial charge in [-0.3, -0.25) is 0 Å². The van der Waals surface area contributed by atoms with Crippen LogP contribution in [0, 0.1) is 28.5 Å². The number of rotatable bonds is 7. The lowest BCUT2D eigenvalue weighted by molar-refractivity contribution is 0.0599. The molecule has 1 N–H and O–H groups in total. The number of nitrogens with zero attached hydrogens (tertiary/aromatic N) is 2. The van der Waals surface area contributed by atoms with E-state index in [0.29, 0.717) is 42.2 Å². The van der Waals surface area contributed by atoms with Gasteiger partial charge in [-0.15, -0.1) is 0 Å². The molecule has 2 aliphatic carbocycles. The van der Waals surface area contributed by atoms with E-state index in [9.17, 15) is 4.39 Å². The minimum atomic E-state index is -0.269. The molecule has 4 unspecified atom stereocenters. The molecule has 4 aliphatic rings. The van der Waals surface area contributed by atoms with Gasteiger partial charge in [0.15, 0.2) is 11.6 Å². The normalized spacial score (nSPS) is 32.5. The highest BCUT2D eigenvalue weighted by atomic mass is 19.1. The van der Waals surface area contributed by atoms with Crippen molar-refractivity contribution in [2.75, 3.05) is 24.6 Å². The van der Waals surface area contributed by atoms with Gasteiger partial charge in [0.1, 0.15) is 0 Å². The average Bonchev–Trinajstić information content (AvgIpc) is 3.34. The van der Waals surface area contributed by atoms with Gasteiger partial charge >= 0.3 is 0 Å². The summed E-state index contributed by atoms with van der Waals surface area (Å²) in [7, 11) is 0. The van der Waals surface area contributed by atoms with Crippen LogP contribution in [0.2, 0.25) is 0 Å². The minimum absolute atomic E-state index is 0.269. The van der Waals surface area contributed by atoms with Gasteiger partial charge in [0.2, 0.25) is 0 Å². The maximum atomic E-state index is 14.2. The highest BCUT2D eigenvalue weighted by Gasteiger charge is 2.73. The van der Waals surface area contributed by atoms with Crippen molar-refractivity contribution in [2.45, 2.75) is 44.7 Å². The van der Waals surface area contributed by atoms with Crippen LogP contribution in [0.3, 0.4) is 0 Å². The number of fused-ring (bicyclic) bond motifs is 1. The van der Waals surface area contributed by atoms with Gasteiger partial charge in [-0.05, 0) is 50.8 Å². The van der Waals surface area contributed by atoms with Gasteiger partial charge in [-0.25, -0.2) is 4.39 Å². The van der Waals surface area contributed by atoms with E-state index in [0.717, 1.165) is 25.2 Å². The van der Waals surface area contributed by atoms with Crippen LogP contribution in [0.4, 0.5) is 10.1 Å². The number of nitrogens with one attached hydrogen (secondary N) is 1. The lowest BCUT2D eigenvalue weighted by Gasteiger charge is -2.54. The molecule has 4 atom stereocenters. The van der Waals surface area contributed by atoms with E-state index in [2.05, 4.69) is 16.3 Å². The lowest BCUT2D eigenvalue weighted by atomic mass is 9.63. The van der Waals surface area contributed by atoms with Crippen LogP contribution in [0.15, 0.2) is 18.2 Å². The third kappa shape index (κ3) is 2.36. The molecular formula is C19H24FN3O. The number of halogens is 1. The summed E-state index contributed by atoms with van der Waals surface area (Å²) in [5.41, 5.74) is 1.38. The van der Waals surface area contributed by atoms with Gasteiger partial charge in [0.05, 0.1) is 12.7 Å². The molecule has 1 spiro atoms. The number of nitriles is 1. The van der Waals surface area contributed by atoms with E-state index in [-0.39, 0.29) is 5.82 Å². The molecule has 2 bridgehead atoms. The molecule has 0 aromatic heterocycles. The number of benzene rings is 1. The van der Waals surface area contributed by atoms with Crippen molar-refractivity contribution in [3.05, 3.63) is 24.0 Å². The summed E-state index contributed by atoms with van der Waals surface area (Å²) < 4.78 is 19.5. The third-order valence-electron chi connectivity index (χ3n) is 5.99. The number of piperidine rings is 2. The van der Waals surface area contributed by atoms with Crippen molar-refractivity contribution in [3.8, 4) is 11.8 Å². The van der Waals surface area contributed by atoms with Crippen LogP contribution in [0.5, 0.6) is 5.75 Å². The molecule has 2 saturated carbocycles. The molecule has 5 heteroatoms. The fourth-order valence-electron chi connectivity index (χ4n) is 4.89. The molecule has 2 saturated heterocycles. The van der Waals surface area contributed by atoms with Gasteiger partial charge in [-0.1, -0.05) is 0 Å². The van der Waals surface area contributed by atoms with Crippen molar-refractivity contribution in [1.82, 2.24) is 5.32 Å². The first-order chi connectivity index (χ1) is 11.7. The zero-order chi connectivity index (χ0) is 16.7. The van der Waals surface area contributed by atoms with Crippen molar-refractivity contribution in [3.63, 3.8) is 0 Å². The second kappa shape index (κ2) is 5.93. The number of ether oxygens (including phenoxy) is 1. The molecule has 2 heterocycles. The second-order valence-electron chi connectivity index (χ2n) is 7.31. The predicted molar refractivity (Wildman–Crippen MR) is 90.5 cm³/mol. The van der Waals surface area contributed by atoms with Crippen LogP contribution in [-0.4, -0.2) is 31.8 Å². The Morgan fingerprint density at radius 2 is 2.33 bits per heavy atom. The molecule has 2 aliphatic heterocycles. The number of hydrogen-bond acceptors (Lipinski definition) is 4. The van der Waals surface area contributed by atoms with Crippen molar-refractivity contribution < 1.29 is 9.13 Å². The number of unbranched alkanes of at least 4 members (excludes halogenated alkanes) is 1. The fourth-order valence-corrected chi connectivity index (χ4v) is 4.89. The predicted octanol–water partition coefficient (Wildman–Crippen LogP) is 3.08. The highest BCUT2D eigenvalue weighted by Crippen LogP contribution is 2.69. The Morgan fingerprint density at radius 1 is 1.46 bits per heavy atom. The Bertz CT molecular complexity index is 673. The lowest BCUT2D eigenvalue weighted by Crippen LogP contribution is -2.64. The molecule has 4 nitrogen and oxygen atoms in total. The van der Waals surface area contributed by atoms with E-state index >= 15 is 0 Å². The maximum absolute atomic E-state index is 14.2. The Hall–Kier alpha value is -1.80. The largest absolute Gasteiger partial charge is 0.491 e. The zero-order valence-corrected chi connectivity index (χ0v) is 14.1. The number of hydrogen-bond donors (Lipinski definition) is 1. The van der Waals surface area contributed by atoms with Crippen LogP contribution in [0.1, 0.15) is 32.6 Å². The van der Waals surface area contributed by atoms with Crippen LogP contribution >= 0.6 is 0 Å². The van der Waals surface area contributed by atoms with E-state index in [1.807, 2.05) is 13.0 Å². The van der Waals surface area contributed by atoms with Gasteiger partial charge < -0.3 is 15.0 Å². The van der Waals surface area contributed by atoms with Crippen LogP contribution in [0.25, 0.3) is 0 Å². The Labute approximate surface area is 142 Å². The molecule has 0 amide bonds. The highest BCUT2D eigenvalue weighted by molar-refractivity contribution is 5.56. The maximum Gasteiger partial charge on any atom is 0.167 e. The minimum Gasteiger partial charge on any atom is -0.491 e. The van der Waals surface area contributed by atoms with E-state index in [1.54, 1.807) is 12.1 Å². The SMILES string of the molecule is CCOc1ccc(N2CC3CC4(CC24)C3NCCCC#N)cc1F. The molecular weight excluding hydrogens is 305 g/mol. The smallest absolute Gasteiger partial charge is 0.167 e. The summed E-state index contributed by atoms with van der Waals surface area (Å²) in [4.78, 5) is 2.39. The Kier molecular flexibility index (Phi) is 3.88. The quantitative estimate of drug-likeness (QED) is 0.781. The molecule has 4 fully saturated rings. The van der Waals surface area contributed by atoms with Gasteiger partial charge in [0, 0.05) is 42.2 Å². The second-order valence-corrected chi connectivity index (χ2v) is 7.31. The molecule has 1 aromatic carbocycles. The van der Waals surface area contributed by atoms with Crippen molar-refractivity contribution in [1.29, 1.82) is 5.26 Å². The topological polar surface area (TPSA) is 48.3 Å². The Morgan fingerprint density at radius 3 is 3.08 bits per heavy atom. The third-order valence-corrected chi connectivity index (χ3v) is 5.99. The zero-order valence-electron chi connectivity index (χ0n) is 14.1. The Balaban J connectivity index is 1.41. The molecule has 5 rings (SSSR count). The van der Waals surface area contributed by atoms with E-state index in [4.69, 9.17) is 10.00 Å². The van der Waals surface area contributed by atoms with E-state index < -0.39 is 0 Å². The summed E-state index contributed by atoms with van der Waals surface area (Å²) >= 11 is 0. The molecule has 128 valence electrons. The van der Waals surface area contributed by atoms with Gasteiger partial charge in [0.25, 0.3) is 0 Å². The van der Waals surface area contributed by atoms with Gasteiger partial charge in [-0.2, -0.15) is 5.26 Å². The average molecular weight is 329 g/mol. The van der Waals surface area contributed by atoms with Crippen LogP contribution < -0.4 is 15.0 Å².